The number of benzene rings is 1. The van der Waals surface area contributed by atoms with Crippen molar-refractivity contribution < 1.29 is 14.3 Å². The van der Waals surface area contributed by atoms with Crippen LogP contribution in [0.15, 0.2) is 30.4 Å². The molecule has 2 atom stereocenters. The van der Waals surface area contributed by atoms with Crippen LogP contribution in [0.2, 0.25) is 0 Å². The Kier molecular flexibility index (Phi) is 4.17. The normalized spacial score (nSPS) is 24.7. The molecule has 0 amide bonds. The standard InChI is InChI=1S/C17H22O3/c1-5-20-16(18)15-7-6-8-17(15,3)13-9-12(2)10-14(11-13)19-4/h6,8-11,15H,5,7H2,1-4H3/t15?,17-/m0/s1. The highest BCUT2D eigenvalue weighted by atomic mass is 16.5. The van der Waals surface area contributed by atoms with Gasteiger partial charge in [-0.05, 0) is 43.5 Å². The Bertz CT molecular complexity index is 533. The Morgan fingerprint density at radius 1 is 1.40 bits per heavy atom. The van der Waals surface area contributed by atoms with Gasteiger partial charge < -0.3 is 9.47 Å². The Morgan fingerprint density at radius 3 is 2.80 bits per heavy atom. The molecule has 0 bridgehead atoms. The predicted octanol–water partition coefficient (Wildman–Crippen LogP) is 3.40. The van der Waals surface area contributed by atoms with Gasteiger partial charge in [-0.2, -0.15) is 0 Å². The van der Waals surface area contributed by atoms with Crippen molar-refractivity contribution in [1.82, 2.24) is 0 Å². The van der Waals surface area contributed by atoms with Crippen molar-refractivity contribution in [2.24, 2.45) is 5.92 Å². The second-order valence-corrected chi connectivity index (χ2v) is 5.46. The van der Waals surface area contributed by atoms with Crippen LogP contribution in [-0.2, 0) is 14.9 Å². The summed E-state index contributed by atoms with van der Waals surface area (Å²) in [6, 6.07) is 6.12. The van der Waals surface area contributed by atoms with Crippen LogP contribution in [0.25, 0.3) is 0 Å². The van der Waals surface area contributed by atoms with E-state index in [9.17, 15) is 4.79 Å². The number of aryl methyl sites for hydroxylation is 1. The van der Waals surface area contributed by atoms with Crippen molar-refractivity contribution in [2.75, 3.05) is 13.7 Å². The molecule has 3 heteroatoms. The number of hydrogen-bond acceptors (Lipinski definition) is 3. The minimum atomic E-state index is -0.328. The lowest BCUT2D eigenvalue weighted by atomic mass is 9.74. The van der Waals surface area contributed by atoms with Crippen LogP contribution in [0.5, 0.6) is 5.75 Å². The van der Waals surface area contributed by atoms with Gasteiger partial charge in [0, 0.05) is 5.41 Å². The molecule has 0 heterocycles. The highest BCUT2D eigenvalue weighted by Crippen LogP contribution is 2.42. The van der Waals surface area contributed by atoms with E-state index in [0.29, 0.717) is 6.61 Å². The lowest BCUT2D eigenvalue weighted by molar-refractivity contribution is -0.149. The third-order valence-electron chi connectivity index (χ3n) is 4.04. The molecule has 1 unspecified atom stereocenters. The first-order valence-electron chi connectivity index (χ1n) is 7.01. The maximum Gasteiger partial charge on any atom is 0.310 e. The molecular formula is C17H22O3. The largest absolute Gasteiger partial charge is 0.497 e. The van der Waals surface area contributed by atoms with E-state index < -0.39 is 0 Å². The summed E-state index contributed by atoms with van der Waals surface area (Å²) in [4.78, 5) is 12.2. The van der Waals surface area contributed by atoms with Gasteiger partial charge in [-0.3, -0.25) is 4.79 Å². The maximum atomic E-state index is 12.2. The first-order valence-corrected chi connectivity index (χ1v) is 7.01. The zero-order valence-electron chi connectivity index (χ0n) is 12.6. The van der Waals surface area contributed by atoms with E-state index >= 15 is 0 Å². The fourth-order valence-corrected chi connectivity index (χ4v) is 2.87. The summed E-state index contributed by atoms with van der Waals surface area (Å²) in [6.07, 6.45) is 4.91. The van der Waals surface area contributed by atoms with E-state index in [1.165, 1.54) is 0 Å². The minimum Gasteiger partial charge on any atom is -0.497 e. The lowest BCUT2D eigenvalue weighted by Gasteiger charge is -2.30. The SMILES string of the molecule is CCOC(=O)C1CC=C[C@@]1(C)c1cc(C)cc(OC)c1. The summed E-state index contributed by atoms with van der Waals surface area (Å²) in [6.45, 7) is 6.38. The average molecular weight is 274 g/mol. The molecule has 0 N–H and O–H groups in total. The van der Waals surface area contributed by atoms with E-state index in [1.807, 2.05) is 26.0 Å². The molecule has 0 saturated carbocycles. The molecule has 0 spiro atoms. The fourth-order valence-electron chi connectivity index (χ4n) is 2.87. The summed E-state index contributed by atoms with van der Waals surface area (Å²) in [7, 11) is 1.66. The zero-order valence-corrected chi connectivity index (χ0v) is 12.6. The van der Waals surface area contributed by atoms with Crippen LogP contribution >= 0.6 is 0 Å². The molecule has 20 heavy (non-hydrogen) atoms. The van der Waals surface area contributed by atoms with Crippen molar-refractivity contribution in [1.29, 1.82) is 0 Å². The van der Waals surface area contributed by atoms with Gasteiger partial charge in [-0.15, -0.1) is 0 Å². The molecule has 1 aromatic rings. The zero-order chi connectivity index (χ0) is 14.8. The lowest BCUT2D eigenvalue weighted by Crippen LogP contribution is -2.34. The van der Waals surface area contributed by atoms with E-state index in [-0.39, 0.29) is 17.3 Å². The van der Waals surface area contributed by atoms with Crippen molar-refractivity contribution >= 4 is 5.97 Å². The highest BCUT2D eigenvalue weighted by Gasteiger charge is 2.42. The van der Waals surface area contributed by atoms with Gasteiger partial charge in [-0.1, -0.05) is 25.1 Å². The van der Waals surface area contributed by atoms with Gasteiger partial charge in [0.15, 0.2) is 0 Å². The van der Waals surface area contributed by atoms with Crippen LogP contribution in [-0.4, -0.2) is 19.7 Å². The van der Waals surface area contributed by atoms with Crippen LogP contribution in [0.4, 0.5) is 0 Å². The summed E-state index contributed by atoms with van der Waals surface area (Å²) >= 11 is 0. The minimum absolute atomic E-state index is 0.125. The smallest absolute Gasteiger partial charge is 0.310 e. The molecule has 2 rings (SSSR count). The molecule has 0 fully saturated rings. The molecule has 1 aliphatic carbocycles. The number of allylic oxidation sites excluding steroid dienone is 2. The number of carbonyl (C=O) groups is 1. The number of esters is 1. The van der Waals surface area contributed by atoms with Gasteiger partial charge in [0.2, 0.25) is 0 Å². The van der Waals surface area contributed by atoms with Gasteiger partial charge in [0.25, 0.3) is 0 Å². The number of methoxy groups -OCH3 is 1. The third-order valence-corrected chi connectivity index (χ3v) is 4.04. The average Bonchev–Trinajstić information content (AvgIpc) is 2.82. The second kappa shape index (κ2) is 5.70. The second-order valence-electron chi connectivity index (χ2n) is 5.46. The molecule has 0 radical (unpaired) electrons. The molecule has 1 aliphatic rings. The van der Waals surface area contributed by atoms with Gasteiger partial charge in [-0.25, -0.2) is 0 Å². The molecule has 108 valence electrons. The van der Waals surface area contributed by atoms with E-state index in [0.717, 1.165) is 23.3 Å². The summed E-state index contributed by atoms with van der Waals surface area (Å²) < 4.78 is 10.6. The van der Waals surface area contributed by atoms with E-state index in [1.54, 1.807) is 7.11 Å². The summed E-state index contributed by atoms with van der Waals surface area (Å²) in [5.74, 6) is 0.540. The molecule has 3 nitrogen and oxygen atoms in total. The van der Waals surface area contributed by atoms with Crippen LogP contribution in [0.3, 0.4) is 0 Å². The van der Waals surface area contributed by atoms with E-state index in [4.69, 9.17) is 9.47 Å². The molecule has 0 saturated heterocycles. The highest BCUT2D eigenvalue weighted by molar-refractivity contribution is 5.76. The molecule has 0 aliphatic heterocycles. The molecule has 0 aromatic heterocycles. The first-order chi connectivity index (χ1) is 9.51. The van der Waals surface area contributed by atoms with Crippen LogP contribution in [0.1, 0.15) is 31.4 Å². The van der Waals surface area contributed by atoms with Crippen molar-refractivity contribution in [3.05, 3.63) is 41.5 Å². The Balaban J connectivity index is 2.40. The quantitative estimate of drug-likeness (QED) is 0.623. The Morgan fingerprint density at radius 2 is 2.15 bits per heavy atom. The van der Waals surface area contributed by atoms with Gasteiger partial charge in [0.05, 0.1) is 19.6 Å². The third kappa shape index (κ3) is 2.58. The number of hydrogen-bond donors (Lipinski definition) is 0. The van der Waals surface area contributed by atoms with Gasteiger partial charge in [0.1, 0.15) is 5.75 Å². The summed E-state index contributed by atoms with van der Waals surface area (Å²) in [5.41, 5.74) is 1.90. The topological polar surface area (TPSA) is 35.5 Å². The van der Waals surface area contributed by atoms with Crippen molar-refractivity contribution in [3.8, 4) is 5.75 Å². The van der Waals surface area contributed by atoms with Crippen molar-refractivity contribution in [3.63, 3.8) is 0 Å². The maximum absolute atomic E-state index is 12.2. The summed E-state index contributed by atoms with van der Waals surface area (Å²) in [5, 5.41) is 0. The first kappa shape index (κ1) is 14.6. The number of rotatable bonds is 4. The van der Waals surface area contributed by atoms with Crippen molar-refractivity contribution in [2.45, 2.75) is 32.6 Å². The Labute approximate surface area is 120 Å². The van der Waals surface area contributed by atoms with E-state index in [2.05, 4.69) is 25.1 Å². The van der Waals surface area contributed by atoms with Crippen LogP contribution < -0.4 is 4.74 Å². The predicted molar refractivity (Wildman–Crippen MR) is 79.0 cm³/mol. The monoisotopic (exact) mass is 274 g/mol. The number of ether oxygens (including phenoxy) is 2. The Hall–Kier alpha value is -1.77. The van der Waals surface area contributed by atoms with Gasteiger partial charge >= 0.3 is 5.97 Å². The van der Waals surface area contributed by atoms with Crippen LogP contribution in [0, 0.1) is 12.8 Å². The number of carbonyl (C=O) groups excluding carboxylic acids is 1. The fraction of sp³-hybridized carbons (Fsp3) is 0.471. The molecule has 1 aromatic carbocycles. The molecular weight excluding hydrogens is 252 g/mol.